The van der Waals surface area contributed by atoms with Crippen LogP contribution in [0, 0.1) is 29.7 Å². The molecular formula is C49H58N2O4. The number of hydrogen-bond acceptors (Lipinski definition) is 5. The van der Waals surface area contributed by atoms with E-state index in [2.05, 4.69) is 50.1 Å². The molecule has 5 rings (SSSR count). The highest BCUT2D eigenvalue weighted by molar-refractivity contribution is 5.67. The maximum atomic E-state index is 8.89. The molecule has 0 spiro atoms. The molecule has 0 bridgehead atoms. The molecule has 0 heterocycles. The molecule has 0 saturated heterocycles. The van der Waals surface area contributed by atoms with E-state index in [1.165, 1.54) is 38.5 Å². The number of nitriles is 1. The molecule has 4 aromatic carbocycles. The highest BCUT2D eigenvalue weighted by atomic mass is 16.7. The van der Waals surface area contributed by atoms with Crippen molar-refractivity contribution in [3.05, 3.63) is 139 Å². The second kappa shape index (κ2) is 24.3. The predicted octanol–water partition coefficient (Wildman–Crippen LogP) is 13.2. The van der Waals surface area contributed by atoms with E-state index in [1.54, 1.807) is 0 Å². The molecule has 1 aliphatic carbocycles. The quantitative estimate of drug-likeness (QED) is 0.0368. The van der Waals surface area contributed by atoms with Gasteiger partial charge in [-0.2, -0.15) is 5.26 Å². The lowest BCUT2D eigenvalue weighted by atomic mass is 10.0. The lowest BCUT2D eigenvalue weighted by Gasteiger charge is -2.18. The summed E-state index contributed by atoms with van der Waals surface area (Å²) in [4.78, 5) is 3.42. The third-order valence-corrected chi connectivity index (χ3v) is 10.1. The van der Waals surface area contributed by atoms with Crippen LogP contribution in [-0.2, 0) is 9.47 Å². The largest absolute Gasteiger partial charge is 0.494 e. The Hall–Kier alpha value is -5.14. The van der Waals surface area contributed by atoms with Crippen LogP contribution in [0.25, 0.3) is 27.1 Å². The first kappa shape index (κ1) is 42.6. The summed E-state index contributed by atoms with van der Waals surface area (Å²) in [6.45, 7) is 20.9. The van der Waals surface area contributed by atoms with Crippen LogP contribution >= 0.6 is 0 Å². The van der Waals surface area contributed by atoms with E-state index in [4.69, 9.17) is 30.8 Å². The standard InChI is InChI=1S/C27H33NO2.C22H25NO2/c1-3-11-26(4-2)29-20-9-7-5-6-8-10-21-30-27-18-16-25(17-19-27)24-14-12-23(22-28)13-15-24;1-4-17-13-16(2)14-22(17)25-15-24-21-11-7-19(8-12-21)18-5-9-20(23-3)10-6-18/h3-4,12-19,26H,1-2,5-11,20-21H2;5-12,16-17,22H,4,13-15H2,1-2H3. The lowest BCUT2D eigenvalue weighted by molar-refractivity contribution is -0.0523. The summed E-state index contributed by atoms with van der Waals surface area (Å²) in [6.07, 6.45) is 15.6. The van der Waals surface area contributed by atoms with E-state index in [-0.39, 0.29) is 6.10 Å². The fourth-order valence-electron chi connectivity index (χ4n) is 6.86. The van der Waals surface area contributed by atoms with E-state index in [1.807, 2.05) is 97.1 Å². The Morgan fingerprint density at radius 1 is 0.745 bits per heavy atom. The topological polar surface area (TPSA) is 65.1 Å². The Balaban J connectivity index is 0.000000248. The van der Waals surface area contributed by atoms with Gasteiger partial charge in [-0.25, -0.2) is 4.85 Å². The minimum absolute atomic E-state index is 0.109. The number of unbranched alkanes of at least 4 members (excludes halogenated alkanes) is 5. The molecule has 1 aliphatic rings. The number of hydrogen-bond donors (Lipinski definition) is 0. The van der Waals surface area contributed by atoms with Crippen LogP contribution in [0.2, 0.25) is 0 Å². The van der Waals surface area contributed by atoms with Crippen LogP contribution in [0.5, 0.6) is 11.5 Å². The molecule has 0 aliphatic heterocycles. The third kappa shape index (κ3) is 14.9. The summed E-state index contributed by atoms with van der Waals surface area (Å²) in [6, 6.07) is 33.5. The summed E-state index contributed by atoms with van der Waals surface area (Å²) in [5.74, 6) is 3.14. The van der Waals surface area contributed by atoms with Gasteiger partial charge in [-0.05, 0) is 103 Å². The van der Waals surface area contributed by atoms with Crippen LogP contribution < -0.4 is 9.47 Å². The van der Waals surface area contributed by atoms with Gasteiger partial charge in [0.1, 0.15) is 11.5 Å². The average Bonchev–Trinajstić information content (AvgIpc) is 3.60. The Kier molecular flexibility index (Phi) is 18.8. The monoisotopic (exact) mass is 738 g/mol. The summed E-state index contributed by atoms with van der Waals surface area (Å²) >= 11 is 0. The average molecular weight is 739 g/mol. The van der Waals surface area contributed by atoms with Crippen molar-refractivity contribution in [3.8, 4) is 39.8 Å². The van der Waals surface area contributed by atoms with E-state index in [9.17, 15) is 0 Å². The van der Waals surface area contributed by atoms with Gasteiger partial charge < -0.3 is 18.9 Å². The van der Waals surface area contributed by atoms with E-state index < -0.39 is 0 Å². The fourth-order valence-corrected chi connectivity index (χ4v) is 6.86. The molecule has 0 N–H and O–H groups in total. The van der Waals surface area contributed by atoms with Gasteiger partial charge in [-0.15, -0.1) is 13.2 Å². The molecule has 4 aromatic rings. The Morgan fingerprint density at radius 2 is 1.27 bits per heavy atom. The summed E-state index contributed by atoms with van der Waals surface area (Å²) in [5, 5.41) is 8.89. The van der Waals surface area contributed by atoms with Crippen molar-refractivity contribution >= 4 is 5.69 Å². The molecule has 0 amide bonds. The van der Waals surface area contributed by atoms with E-state index >= 15 is 0 Å². The first-order chi connectivity index (χ1) is 27.0. The van der Waals surface area contributed by atoms with Crippen LogP contribution in [0.4, 0.5) is 5.69 Å². The van der Waals surface area contributed by atoms with Crippen LogP contribution in [0.1, 0.15) is 83.6 Å². The van der Waals surface area contributed by atoms with Crippen LogP contribution in [-0.4, -0.2) is 32.2 Å². The maximum Gasteiger partial charge on any atom is 0.189 e. The smallest absolute Gasteiger partial charge is 0.189 e. The van der Waals surface area contributed by atoms with E-state index in [0.29, 0.717) is 30.1 Å². The lowest BCUT2D eigenvalue weighted by Crippen LogP contribution is -2.20. The van der Waals surface area contributed by atoms with Gasteiger partial charge in [0, 0.05) is 6.61 Å². The fraction of sp³-hybridized carbons (Fsp3) is 0.388. The van der Waals surface area contributed by atoms with Crippen molar-refractivity contribution in [2.75, 3.05) is 20.0 Å². The highest BCUT2D eigenvalue weighted by Crippen LogP contribution is 2.35. The molecule has 1 saturated carbocycles. The van der Waals surface area contributed by atoms with Gasteiger partial charge >= 0.3 is 0 Å². The van der Waals surface area contributed by atoms with Crippen molar-refractivity contribution in [1.82, 2.24) is 0 Å². The zero-order chi connectivity index (χ0) is 39.1. The molecule has 1 fully saturated rings. The van der Waals surface area contributed by atoms with Crippen LogP contribution in [0.15, 0.2) is 122 Å². The molecule has 288 valence electrons. The van der Waals surface area contributed by atoms with Gasteiger partial charge in [0.25, 0.3) is 0 Å². The number of rotatable bonds is 21. The predicted molar refractivity (Wildman–Crippen MR) is 225 cm³/mol. The van der Waals surface area contributed by atoms with Crippen molar-refractivity contribution in [2.24, 2.45) is 11.8 Å². The first-order valence-electron chi connectivity index (χ1n) is 19.9. The maximum absolute atomic E-state index is 8.89. The van der Waals surface area contributed by atoms with Gasteiger partial charge in [-0.1, -0.05) is 119 Å². The second-order valence-corrected chi connectivity index (χ2v) is 14.2. The Bertz CT molecular complexity index is 1770. The Morgan fingerprint density at radius 3 is 1.80 bits per heavy atom. The number of ether oxygens (including phenoxy) is 4. The summed E-state index contributed by atoms with van der Waals surface area (Å²) in [7, 11) is 0. The summed E-state index contributed by atoms with van der Waals surface area (Å²) in [5.41, 5.74) is 5.78. The number of benzene rings is 4. The third-order valence-electron chi connectivity index (χ3n) is 10.1. The molecular weight excluding hydrogens is 681 g/mol. The van der Waals surface area contributed by atoms with Crippen molar-refractivity contribution < 1.29 is 18.9 Å². The highest BCUT2D eigenvalue weighted by Gasteiger charge is 2.31. The molecule has 0 radical (unpaired) electrons. The van der Waals surface area contributed by atoms with Gasteiger partial charge in [-0.3, -0.25) is 0 Å². The minimum atomic E-state index is 0.109. The SMILES string of the molecule is C=CCC(C=C)OCCCCCCCCOc1ccc(-c2ccc(C#N)cc2)cc1.[C-]#[N+]c1ccc(-c2ccc(OCOC3CC(C)CC3CC)cc2)cc1. The van der Waals surface area contributed by atoms with Gasteiger partial charge in [0.05, 0.1) is 37.0 Å². The van der Waals surface area contributed by atoms with Gasteiger partial charge in [0.15, 0.2) is 12.5 Å². The second-order valence-electron chi connectivity index (χ2n) is 14.2. The molecule has 55 heavy (non-hydrogen) atoms. The van der Waals surface area contributed by atoms with Crippen LogP contribution in [0.3, 0.4) is 0 Å². The summed E-state index contributed by atoms with van der Waals surface area (Å²) < 4.78 is 23.3. The zero-order valence-electron chi connectivity index (χ0n) is 32.8. The van der Waals surface area contributed by atoms with Crippen molar-refractivity contribution in [2.45, 2.75) is 90.3 Å². The zero-order valence-corrected chi connectivity index (χ0v) is 32.8. The normalized spacial score (nSPS) is 16.5. The molecule has 0 aromatic heterocycles. The first-order valence-corrected chi connectivity index (χ1v) is 19.9. The van der Waals surface area contributed by atoms with Crippen molar-refractivity contribution in [1.29, 1.82) is 5.26 Å². The Labute approximate surface area is 330 Å². The van der Waals surface area contributed by atoms with E-state index in [0.717, 1.165) is 78.6 Å². The minimum Gasteiger partial charge on any atom is -0.494 e. The molecule has 4 atom stereocenters. The van der Waals surface area contributed by atoms with Crippen molar-refractivity contribution in [3.63, 3.8) is 0 Å². The van der Waals surface area contributed by atoms with Gasteiger partial charge in [0.2, 0.25) is 0 Å². The molecule has 6 heteroatoms. The molecule has 4 unspecified atom stereocenters. The molecule has 6 nitrogen and oxygen atoms in total. The number of nitrogens with zero attached hydrogens (tertiary/aromatic N) is 2.